The lowest BCUT2D eigenvalue weighted by atomic mass is 9.97. The number of hydrogen-bond acceptors (Lipinski definition) is 3. The van der Waals surface area contributed by atoms with E-state index < -0.39 is 0 Å². The average Bonchev–Trinajstić information content (AvgIpc) is 2.74. The van der Waals surface area contributed by atoms with Gasteiger partial charge in [-0.15, -0.1) is 0 Å². The molecule has 0 unspecified atom stereocenters. The minimum atomic E-state index is 0.810. The van der Waals surface area contributed by atoms with Gasteiger partial charge in [0.25, 0.3) is 0 Å². The Morgan fingerprint density at radius 2 is 1.43 bits per heavy atom. The van der Waals surface area contributed by atoms with E-state index in [1.165, 1.54) is 59.5 Å². The molecule has 3 N–H and O–H groups in total. The van der Waals surface area contributed by atoms with Crippen molar-refractivity contribution in [2.45, 2.75) is 39.2 Å². The van der Waals surface area contributed by atoms with Crippen molar-refractivity contribution in [2.24, 2.45) is 5.73 Å². The molecule has 3 aromatic rings. The van der Waals surface area contributed by atoms with Gasteiger partial charge in [-0.3, -0.25) is 0 Å². The second-order valence-corrected chi connectivity index (χ2v) is 7.61. The fourth-order valence-electron chi connectivity index (χ4n) is 4.01. The van der Waals surface area contributed by atoms with Crippen molar-refractivity contribution in [2.75, 3.05) is 32.7 Å². The topological polar surface area (TPSA) is 41.3 Å². The first-order valence-electron chi connectivity index (χ1n) is 10.9. The van der Waals surface area contributed by atoms with E-state index in [0.717, 1.165) is 32.6 Å². The molecular formula is C25H35N3. The second kappa shape index (κ2) is 11.2. The maximum absolute atomic E-state index is 5.60. The van der Waals surface area contributed by atoms with Gasteiger partial charge < -0.3 is 16.0 Å². The van der Waals surface area contributed by atoms with Crippen LogP contribution >= 0.6 is 0 Å². The molecule has 0 saturated heterocycles. The monoisotopic (exact) mass is 377 g/mol. The Balaban J connectivity index is 1.53. The van der Waals surface area contributed by atoms with E-state index in [9.17, 15) is 0 Å². The number of hydrogen-bond donors (Lipinski definition) is 2. The molecular weight excluding hydrogens is 342 g/mol. The molecule has 150 valence electrons. The summed E-state index contributed by atoms with van der Waals surface area (Å²) < 4.78 is 0. The molecule has 0 aromatic heterocycles. The van der Waals surface area contributed by atoms with E-state index in [0.29, 0.717) is 0 Å². The first kappa shape index (κ1) is 20.8. The van der Waals surface area contributed by atoms with Crippen LogP contribution in [-0.4, -0.2) is 37.6 Å². The Labute approximate surface area is 169 Å². The predicted molar refractivity (Wildman–Crippen MR) is 123 cm³/mol. The van der Waals surface area contributed by atoms with Crippen molar-refractivity contribution in [3.05, 3.63) is 60.2 Å². The summed E-state index contributed by atoms with van der Waals surface area (Å²) in [5.41, 5.74) is 7.02. The van der Waals surface area contributed by atoms with E-state index in [1.54, 1.807) is 0 Å². The molecule has 3 rings (SSSR count). The standard InChI is InChI=1S/C25H35N3/c1-2-28(17-9-7-15-26)18-10-8-16-27-20-25-23-13-5-3-11-21(23)19-22-12-4-6-14-24(22)25/h3-6,11-14,19,27H,2,7-10,15-18,20,26H2,1H3. The number of nitrogens with two attached hydrogens (primary N) is 1. The summed E-state index contributed by atoms with van der Waals surface area (Å²) in [5, 5.41) is 9.08. The molecule has 0 fully saturated rings. The first-order chi connectivity index (χ1) is 13.8. The Hall–Kier alpha value is -1.94. The van der Waals surface area contributed by atoms with Crippen LogP contribution in [0.15, 0.2) is 54.6 Å². The van der Waals surface area contributed by atoms with E-state index in [1.807, 2.05) is 0 Å². The summed E-state index contributed by atoms with van der Waals surface area (Å²) in [7, 11) is 0. The zero-order valence-corrected chi connectivity index (χ0v) is 17.3. The second-order valence-electron chi connectivity index (χ2n) is 7.61. The van der Waals surface area contributed by atoms with Gasteiger partial charge in [-0.05, 0) is 91.6 Å². The lowest BCUT2D eigenvalue weighted by Crippen LogP contribution is -2.27. The quantitative estimate of drug-likeness (QED) is 0.347. The third-order valence-electron chi connectivity index (χ3n) is 5.64. The van der Waals surface area contributed by atoms with Crippen molar-refractivity contribution >= 4 is 21.5 Å². The van der Waals surface area contributed by atoms with Gasteiger partial charge in [0.1, 0.15) is 0 Å². The predicted octanol–water partition coefficient (Wildman–Crippen LogP) is 4.92. The Kier molecular flexibility index (Phi) is 8.28. The van der Waals surface area contributed by atoms with Crippen molar-refractivity contribution in [3.8, 4) is 0 Å². The molecule has 3 heteroatoms. The lowest BCUT2D eigenvalue weighted by molar-refractivity contribution is 0.276. The van der Waals surface area contributed by atoms with E-state index in [-0.39, 0.29) is 0 Å². The Morgan fingerprint density at radius 1 is 0.821 bits per heavy atom. The van der Waals surface area contributed by atoms with Crippen LogP contribution in [0.2, 0.25) is 0 Å². The maximum atomic E-state index is 5.60. The molecule has 0 aliphatic heterocycles. The van der Waals surface area contributed by atoms with Crippen LogP contribution in [0.25, 0.3) is 21.5 Å². The van der Waals surface area contributed by atoms with Crippen LogP contribution in [0.3, 0.4) is 0 Å². The highest BCUT2D eigenvalue weighted by atomic mass is 15.1. The third kappa shape index (κ3) is 5.54. The first-order valence-corrected chi connectivity index (χ1v) is 10.9. The fourth-order valence-corrected chi connectivity index (χ4v) is 4.01. The number of benzene rings is 3. The highest BCUT2D eigenvalue weighted by Crippen LogP contribution is 2.28. The molecule has 0 bridgehead atoms. The van der Waals surface area contributed by atoms with Crippen molar-refractivity contribution in [1.29, 1.82) is 0 Å². The van der Waals surface area contributed by atoms with Crippen molar-refractivity contribution in [3.63, 3.8) is 0 Å². The summed E-state index contributed by atoms with van der Waals surface area (Å²) in [6.07, 6.45) is 4.82. The van der Waals surface area contributed by atoms with Gasteiger partial charge in [0.05, 0.1) is 0 Å². The number of unbranched alkanes of at least 4 members (excludes halogenated alkanes) is 2. The van der Waals surface area contributed by atoms with Crippen LogP contribution in [0.5, 0.6) is 0 Å². The molecule has 0 aliphatic rings. The zero-order chi connectivity index (χ0) is 19.6. The van der Waals surface area contributed by atoms with Crippen LogP contribution in [0.4, 0.5) is 0 Å². The largest absolute Gasteiger partial charge is 0.330 e. The molecule has 0 atom stereocenters. The Bertz CT molecular complexity index is 805. The lowest BCUT2D eigenvalue weighted by Gasteiger charge is -2.20. The fraction of sp³-hybridized carbons (Fsp3) is 0.440. The number of rotatable bonds is 12. The average molecular weight is 378 g/mol. The van der Waals surface area contributed by atoms with Gasteiger partial charge in [0, 0.05) is 6.54 Å². The molecule has 3 nitrogen and oxygen atoms in total. The van der Waals surface area contributed by atoms with E-state index in [2.05, 4.69) is 71.7 Å². The van der Waals surface area contributed by atoms with Crippen molar-refractivity contribution < 1.29 is 0 Å². The van der Waals surface area contributed by atoms with Gasteiger partial charge in [0.2, 0.25) is 0 Å². The maximum Gasteiger partial charge on any atom is 0.0217 e. The molecule has 0 spiro atoms. The molecule has 0 heterocycles. The smallest absolute Gasteiger partial charge is 0.0217 e. The summed E-state index contributed by atoms with van der Waals surface area (Å²) >= 11 is 0. The van der Waals surface area contributed by atoms with Crippen LogP contribution in [0.1, 0.15) is 38.2 Å². The summed E-state index contributed by atoms with van der Waals surface area (Å²) in [4.78, 5) is 2.55. The van der Waals surface area contributed by atoms with Crippen LogP contribution in [0, 0.1) is 0 Å². The minimum Gasteiger partial charge on any atom is -0.330 e. The van der Waals surface area contributed by atoms with E-state index in [4.69, 9.17) is 5.73 Å². The summed E-state index contributed by atoms with van der Waals surface area (Å²) in [6.45, 7) is 8.58. The van der Waals surface area contributed by atoms with Crippen LogP contribution < -0.4 is 11.1 Å². The van der Waals surface area contributed by atoms with Gasteiger partial charge in [-0.1, -0.05) is 55.5 Å². The highest BCUT2D eigenvalue weighted by molar-refractivity contribution is 6.02. The number of nitrogens with zero attached hydrogens (tertiary/aromatic N) is 1. The highest BCUT2D eigenvalue weighted by Gasteiger charge is 2.07. The number of fused-ring (bicyclic) bond motifs is 2. The van der Waals surface area contributed by atoms with Gasteiger partial charge in [-0.2, -0.15) is 0 Å². The van der Waals surface area contributed by atoms with Gasteiger partial charge in [0.15, 0.2) is 0 Å². The molecule has 3 aromatic carbocycles. The number of nitrogens with one attached hydrogen (secondary N) is 1. The van der Waals surface area contributed by atoms with Crippen molar-refractivity contribution in [1.82, 2.24) is 10.2 Å². The molecule has 28 heavy (non-hydrogen) atoms. The van der Waals surface area contributed by atoms with E-state index >= 15 is 0 Å². The molecule has 0 radical (unpaired) electrons. The normalized spacial score (nSPS) is 11.7. The SMILES string of the molecule is CCN(CCCCN)CCCCNCc1c2ccccc2cc2ccccc12. The van der Waals surface area contributed by atoms with Gasteiger partial charge >= 0.3 is 0 Å². The summed E-state index contributed by atoms with van der Waals surface area (Å²) in [6, 6.07) is 19.8. The molecule has 0 saturated carbocycles. The zero-order valence-electron chi connectivity index (χ0n) is 17.3. The minimum absolute atomic E-state index is 0.810. The van der Waals surface area contributed by atoms with Gasteiger partial charge in [-0.25, -0.2) is 0 Å². The third-order valence-corrected chi connectivity index (χ3v) is 5.64. The van der Waals surface area contributed by atoms with Crippen LogP contribution in [-0.2, 0) is 6.54 Å². The summed E-state index contributed by atoms with van der Waals surface area (Å²) in [5.74, 6) is 0. The molecule has 0 aliphatic carbocycles. The molecule has 0 amide bonds. The Morgan fingerprint density at radius 3 is 2.04 bits per heavy atom.